The van der Waals surface area contributed by atoms with E-state index in [1.165, 1.54) is 21.8 Å². The highest BCUT2D eigenvalue weighted by Gasteiger charge is 2.23. The van der Waals surface area contributed by atoms with E-state index >= 15 is 0 Å². The van der Waals surface area contributed by atoms with Crippen molar-refractivity contribution in [1.82, 2.24) is 4.57 Å². The van der Waals surface area contributed by atoms with Crippen LogP contribution in [0.1, 0.15) is 0 Å². The van der Waals surface area contributed by atoms with Crippen LogP contribution in [0.2, 0.25) is 0 Å². The fourth-order valence-corrected chi connectivity index (χ4v) is 9.01. The van der Waals surface area contributed by atoms with Gasteiger partial charge in [-0.15, -0.1) is 0 Å². The fourth-order valence-electron chi connectivity index (χ4n) is 9.01. The summed E-state index contributed by atoms with van der Waals surface area (Å²) in [5.74, 6) is 0. The Morgan fingerprint density at radius 3 is 1.59 bits per heavy atom. The van der Waals surface area contributed by atoms with Gasteiger partial charge in [-0.3, -0.25) is 0 Å². The highest BCUT2D eigenvalue weighted by Crippen LogP contribution is 2.47. The Morgan fingerprint density at radius 2 is 0.879 bits per heavy atom. The lowest BCUT2D eigenvalue weighted by Gasteiger charge is -2.28. The van der Waals surface area contributed by atoms with Gasteiger partial charge in [0, 0.05) is 66.1 Å². The van der Waals surface area contributed by atoms with Crippen molar-refractivity contribution in [2.75, 3.05) is 4.90 Å². The Balaban J connectivity index is 1.08. The summed E-state index contributed by atoms with van der Waals surface area (Å²) in [5.41, 5.74) is 14.3. The first kappa shape index (κ1) is 32.4. The van der Waals surface area contributed by atoms with Crippen LogP contribution in [0.15, 0.2) is 215 Å². The monoisotopic (exact) mass is 742 g/mol. The van der Waals surface area contributed by atoms with Gasteiger partial charge in [0.25, 0.3) is 0 Å². The molecule has 272 valence electrons. The van der Waals surface area contributed by atoms with Crippen LogP contribution < -0.4 is 4.90 Å². The Labute approximate surface area is 334 Å². The van der Waals surface area contributed by atoms with Gasteiger partial charge >= 0.3 is 0 Å². The molecule has 0 saturated carbocycles. The second-order valence-electron chi connectivity index (χ2n) is 14.9. The smallest absolute Gasteiger partial charge is 0.143 e. The van der Waals surface area contributed by atoms with Gasteiger partial charge in [0.15, 0.2) is 0 Å². The lowest BCUT2D eigenvalue weighted by Crippen LogP contribution is -2.11. The van der Waals surface area contributed by atoms with E-state index < -0.39 is 0 Å². The third kappa shape index (κ3) is 4.95. The van der Waals surface area contributed by atoms with E-state index in [0.29, 0.717) is 0 Å². The minimum absolute atomic E-state index is 0.862. The standard InChI is InChI=1S/C54H34N2O2/c1-2-15-36(16-3-1)55(48-24-9-6-19-41(48)44-22-14-23-45-42-20-7-12-27-51(42)57-53(44)45)38-33-46(54-47(34-38)43-21-8-13-28-52(43)58-54)35-29-31-37(32-30-35)56-49-25-10-4-17-39(49)40-18-5-11-26-50(40)56/h1-34H. The lowest BCUT2D eigenvalue weighted by atomic mass is 9.97. The molecule has 0 aliphatic carbocycles. The van der Waals surface area contributed by atoms with Crippen LogP contribution in [-0.4, -0.2) is 4.57 Å². The van der Waals surface area contributed by atoms with E-state index in [2.05, 4.69) is 198 Å². The second-order valence-corrected chi connectivity index (χ2v) is 14.9. The van der Waals surface area contributed by atoms with Gasteiger partial charge in [-0.2, -0.15) is 0 Å². The van der Waals surface area contributed by atoms with Crippen molar-refractivity contribution in [3.63, 3.8) is 0 Å². The average molecular weight is 743 g/mol. The molecule has 12 rings (SSSR count). The van der Waals surface area contributed by atoms with Crippen LogP contribution in [0.4, 0.5) is 17.1 Å². The van der Waals surface area contributed by atoms with Crippen LogP contribution in [0.25, 0.3) is 93.6 Å². The number of hydrogen-bond acceptors (Lipinski definition) is 3. The molecule has 0 N–H and O–H groups in total. The topological polar surface area (TPSA) is 34.5 Å². The zero-order chi connectivity index (χ0) is 38.2. The van der Waals surface area contributed by atoms with E-state index in [-0.39, 0.29) is 0 Å². The number of benzene rings is 9. The van der Waals surface area contributed by atoms with Gasteiger partial charge in [0.05, 0.1) is 16.7 Å². The van der Waals surface area contributed by atoms with E-state index in [4.69, 9.17) is 8.83 Å². The number of anilines is 3. The Bertz CT molecular complexity index is 3460. The molecule has 0 atom stereocenters. The molecule has 3 aromatic heterocycles. The van der Waals surface area contributed by atoms with Gasteiger partial charge in [-0.05, 0) is 72.3 Å². The third-order valence-electron chi connectivity index (χ3n) is 11.6. The molecule has 4 nitrogen and oxygen atoms in total. The first-order valence-electron chi connectivity index (χ1n) is 19.7. The first-order valence-corrected chi connectivity index (χ1v) is 19.7. The normalized spacial score (nSPS) is 11.8. The van der Waals surface area contributed by atoms with E-state index in [1.807, 2.05) is 18.2 Å². The van der Waals surface area contributed by atoms with E-state index in [1.54, 1.807) is 0 Å². The first-order chi connectivity index (χ1) is 28.8. The summed E-state index contributed by atoms with van der Waals surface area (Å²) in [7, 11) is 0. The second kappa shape index (κ2) is 12.9. The van der Waals surface area contributed by atoms with Gasteiger partial charge < -0.3 is 18.3 Å². The van der Waals surface area contributed by atoms with Crippen LogP contribution >= 0.6 is 0 Å². The predicted molar refractivity (Wildman–Crippen MR) is 241 cm³/mol. The van der Waals surface area contributed by atoms with E-state index in [9.17, 15) is 0 Å². The molecule has 3 heterocycles. The largest absolute Gasteiger partial charge is 0.455 e. The zero-order valence-electron chi connectivity index (χ0n) is 31.3. The maximum atomic E-state index is 6.74. The average Bonchev–Trinajstić information content (AvgIpc) is 3.97. The summed E-state index contributed by atoms with van der Waals surface area (Å²) in [4.78, 5) is 2.37. The van der Waals surface area contributed by atoms with Crippen molar-refractivity contribution in [1.29, 1.82) is 0 Å². The number of aromatic nitrogens is 1. The quantitative estimate of drug-likeness (QED) is 0.170. The van der Waals surface area contributed by atoms with Crippen molar-refractivity contribution < 1.29 is 8.83 Å². The predicted octanol–water partition coefficient (Wildman–Crippen LogP) is 15.4. The van der Waals surface area contributed by atoms with Crippen molar-refractivity contribution in [2.24, 2.45) is 0 Å². The van der Waals surface area contributed by atoms with Crippen LogP contribution in [0.3, 0.4) is 0 Å². The van der Waals surface area contributed by atoms with Crippen molar-refractivity contribution >= 4 is 82.7 Å². The minimum atomic E-state index is 0.862. The van der Waals surface area contributed by atoms with Gasteiger partial charge in [-0.1, -0.05) is 140 Å². The van der Waals surface area contributed by atoms with Crippen LogP contribution in [0.5, 0.6) is 0 Å². The minimum Gasteiger partial charge on any atom is -0.455 e. The number of nitrogens with zero attached hydrogens (tertiary/aromatic N) is 2. The molecule has 9 aromatic carbocycles. The lowest BCUT2D eigenvalue weighted by molar-refractivity contribution is 0.669. The molecule has 0 spiro atoms. The molecule has 4 heteroatoms. The summed E-state index contributed by atoms with van der Waals surface area (Å²) in [5, 5.41) is 6.85. The number of rotatable bonds is 6. The van der Waals surface area contributed by atoms with Gasteiger partial charge in [-0.25, -0.2) is 0 Å². The highest BCUT2D eigenvalue weighted by atomic mass is 16.3. The summed E-state index contributed by atoms with van der Waals surface area (Å²) < 4.78 is 15.7. The molecular weight excluding hydrogens is 709 g/mol. The molecule has 12 aromatic rings. The van der Waals surface area contributed by atoms with Gasteiger partial charge in [0.2, 0.25) is 0 Å². The summed E-state index contributed by atoms with van der Waals surface area (Å²) >= 11 is 0. The molecular formula is C54H34N2O2. The van der Waals surface area contributed by atoms with Crippen molar-refractivity contribution in [3.05, 3.63) is 206 Å². The Kier molecular flexibility index (Phi) is 7.20. The fraction of sp³-hybridized carbons (Fsp3) is 0. The molecule has 0 radical (unpaired) electrons. The number of furan rings is 2. The van der Waals surface area contributed by atoms with Crippen LogP contribution in [0, 0.1) is 0 Å². The Hall–Kier alpha value is -7.82. The third-order valence-corrected chi connectivity index (χ3v) is 11.6. The number of fused-ring (bicyclic) bond motifs is 9. The molecule has 0 unspecified atom stereocenters. The summed E-state index contributed by atoms with van der Waals surface area (Å²) in [6.07, 6.45) is 0. The van der Waals surface area contributed by atoms with E-state index in [0.717, 1.165) is 88.9 Å². The maximum absolute atomic E-state index is 6.74. The molecule has 0 fully saturated rings. The molecule has 0 amide bonds. The molecule has 0 bridgehead atoms. The maximum Gasteiger partial charge on any atom is 0.143 e. The van der Waals surface area contributed by atoms with Gasteiger partial charge in [0.1, 0.15) is 22.3 Å². The van der Waals surface area contributed by atoms with Crippen molar-refractivity contribution in [2.45, 2.75) is 0 Å². The SMILES string of the molecule is c1ccc(N(c2cc(-c3ccc(-n4c5ccccc5c5ccccc54)cc3)c3oc4ccccc4c3c2)c2ccccc2-c2cccc3c2oc2ccccc23)cc1. The summed E-state index contributed by atoms with van der Waals surface area (Å²) in [6.45, 7) is 0. The molecule has 58 heavy (non-hydrogen) atoms. The molecule has 0 aliphatic rings. The number of hydrogen-bond donors (Lipinski definition) is 0. The highest BCUT2D eigenvalue weighted by molar-refractivity contribution is 6.14. The Morgan fingerprint density at radius 1 is 0.345 bits per heavy atom. The summed E-state index contributed by atoms with van der Waals surface area (Å²) in [6, 6.07) is 73.1. The van der Waals surface area contributed by atoms with Crippen molar-refractivity contribution in [3.8, 4) is 27.9 Å². The number of para-hydroxylation sites is 7. The molecule has 0 aliphatic heterocycles. The zero-order valence-corrected chi connectivity index (χ0v) is 31.3. The van der Waals surface area contributed by atoms with Crippen LogP contribution in [-0.2, 0) is 0 Å². The molecule has 0 saturated heterocycles.